The topological polar surface area (TPSA) is 61.4 Å². The molecular formula is C21H22F3N3O2. The van der Waals surface area contributed by atoms with E-state index in [1.165, 1.54) is 12.1 Å². The van der Waals surface area contributed by atoms with Gasteiger partial charge in [-0.15, -0.1) is 0 Å². The van der Waals surface area contributed by atoms with Crippen LogP contribution in [0.4, 0.5) is 23.7 Å². The van der Waals surface area contributed by atoms with Gasteiger partial charge in [-0.1, -0.05) is 30.3 Å². The number of amides is 3. The fraction of sp³-hybridized carbons (Fsp3) is 0.333. The lowest BCUT2D eigenvalue weighted by Gasteiger charge is -2.24. The van der Waals surface area contributed by atoms with E-state index in [0.717, 1.165) is 30.5 Å². The number of carbonyl (C=O) groups is 2. The number of carbonyl (C=O) groups excluding carboxylic acids is 2. The molecule has 0 aliphatic carbocycles. The zero-order valence-corrected chi connectivity index (χ0v) is 15.7. The summed E-state index contributed by atoms with van der Waals surface area (Å²) in [6, 6.07) is 12.1. The Bertz CT molecular complexity index is 832. The molecule has 0 radical (unpaired) electrons. The van der Waals surface area contributed by atoms with Gasteiger partial charge in [-0.3, -0.25) is 4.79 Å². The van der Waals surface area contributed by atoms with Gasteiger partial charge >= 0.3 is 12.2 Å². The molecule has 0 saturated carbocycles. The zero-order chi connectivity index (χ0) is 20.9. The zero-order valence-electron chi connectivity index (χ0n) is 15.7. The van der Waals surface area contributed by atoms with Crippen molar-refractivity contribution in [1.82, 2.24) is 10.2 Å². The number of likely N-dealkylation sites (tertiary alicyclic amines) is 1. The van der Waals surface area contributed by atoms with Crippen LogP contribution in [0.25, 0.3) is 0 Å². The van der Waals surface area contributed by atoms with E-state index in [-0.39, 0.29) is 11.6 Å². The van der Waals surface area contributed by atoms with Gasteiger partial charge in [0.15, 0.2) is 0 Å². The van der Waals surface area contributed by atoms with Crippen LogP contribution in [0.15, 0.2) is 54.6 Å². The molecular weight excluding hydrogens is 383 g/mol. The van der Waals surface area contributed by atoms with Gasteiger partial charge in [-0.25, -0.2) is 4.79 Å². The van der Waals surface area contributed by atoms with E-state index >= 15 is 0 Å². The number of hydrogen-bond donors (Lipinski definition) is 2. The molecule has 0 bridgehead atoms. The summed E-state index contributed by atoms with van der Waals surface area (Å²) in [6.07, 6.45) is -2.25. The number of urea groups is 1. The number of rotatable bonds is 5. The minimum absolute atomic E-state index is 0.158. The second-order valence-electron chi connectivity index (χ2n) is 6.95. The van der Waals surface area contributed by atoms with Crippen LogP contribution >= 0.6 is 0 Å². The normalized spacial score (nSPS) is 15.1. The van der Waals surface area contributed by atoms with Crippen molar-refractivity contribution in [3.63, 3.8) is 0 Å². The predicted molar refractivity (Wildman–Crippen MR) is 103 cm³/mol. The molecule has 3 amide bonds. The molecule has 1 unspecified atom stereocenters. The smallest absolute Gasteiger partial charge is 0.341 e. The lowest BCUT2D eigenvalue weighted by atomic mass is 10.0. The summed E-state index contributed by atoms with van der Waals surface area (Å²) in [7, 11) is 0. The number of nitrogens with zero attached hydrogens (tertiary/aromatic N) is 1. The quantitative estimate of drug-likeness (QED) is 0.788. The van der Waals surface area contributed by atoms with Crippen LogP contribution in [-0.2, 0) is 17.4 Å². The maximum atomic E-state index is 12.9. The third-order valence-corrected chi connectivity index (χ3v) is 4.77. The molecule has 0 spiro atoms. The molecule has 1 aliphatic heterocycles. The van der Waals surface area contributed by atoms with Crippen LogP contribution in [0.1, 0.15) is 24.0 Å². The predicted octanol–water partition coefficient (Wildman–Crippen LogP) is 4.06. The highest BCUT2D eigenvalue weighted by Crippen LogP contribution is 2.29. The molecule has 1 fully saturated rings. The fourth-order valence-electron chi connectivity index (χ4n) is 3.28. The van der Waals surface area contributed by atoms with Gasteiger partial charge < -0.3 is 15.5 Å². The van der Waals surface area contributed by atoms with Gasteiger partial charge in [-0.2, -0.15) is 13.2 Å². The van der Waals surface area contributed by atoms with Crippen molar-refractivity contribution in [3.8, 4) is 0 Å². The number of alkyl halides is 3. The molecule has 1 aliphatic rings. The maximum absolute atomic E-state index is 12.9. The molecule has 3 rings (SSSR count). The molecule has 2 N–H and O–H groups in total. The molecule has 1 heterocycles. The molecule has 2 aromatic rings. The molecule has 5 nitrogen and oxygen atoms in total. The summed E-state index contributed by atoms with van der Waals surface area (Å²) in [5, 5.41) is 5.17. The first kappa shape index (κ1) is 20.7. The minimum atomic E-state index is -4.44. The Hall–Kier alpha value is -3.03. The standard InChI is InChI=1S/C21H22F3N3O2/c22-21(23,24)16-8-10-17(11-9-16)25-20(29)26-18(14-15-6-2-1-3-7-15)19(28)27-12-4-5-13-27/h1-3,6-11,18H,4-5,12-14H2,(H2,25,26,29). The summed E-state index contributed by atoms with van der Waals surface area (Å²) in [5.41, 5.74) is 0.317. The molecule has 2 aromatic carbocycles. The lowest BCUT2D eigenvalue weighted by Crippen LogP contribution is -2.50. The van der Waals surface area contributed by atoms with Gasteiger partial charge in [0, 0.05) is 25.2 Å². The van der Waals surface area contributed by atoms with Crippen molar-refractivity contribution >= 4 is 17.6 Å². The Morgan fingerprint density at radius 3 is 2.17 bits per heavy atom. The summed E-state index contributed by atoms with van der Waals surface area (Å²) in [6.45, 7) is 1.32. The average molecular weight is 405 g/mol. The van der Waals surface area contributed by atoms with E-state index in [9.17, 15) is 22.8 Å². The van der Waals surface area contributed by atoms with Crippen molar-refractivity contribution in [2.24, 2.45) is 0 Å². The second-order valence-corrected chi connectivity index (χ2v) is 6.95. The fourth-order valence-corrected chi connectivity index (χ4v) is 3.28. The van der Waals surface area contributed by atoms with E-state index in [2.05, 4.69) is 10.6 Å². The Balaban J connectivity index is 1.67. The molecule has 0 aromatic heterocycles. The van der Waals surface area contributed by atoms with E-state index in [1.807, 2.05) is 30.3 Å². The van der Waals surface area contributed by atoms with Gasteiger partial charge in [-0.05, 0) is 42.7 Å². The number of nitrogens with one attached hydrogen (secondary N) is 2. The van der Waals surface area contributed by atoms with Crippen molar-refractivity contribution in [2.75, 3.05) is 18.4 Å². The van der Waals surface area contributed by atoms with Gasteiger partial charge in [0.25, 0.3) is 0 Å². The lowest BCUT2D eigenvalue weighted by molar-refractivity contribution is -0.137. The Labute approximate surface area is 166 Å². The van der Waals surface area contributed by atoms with Crippen LogP contribution in [0, 0.1) is 0 Å². The largest absolute Gasteiger partial charge is 0.416 e. The Kier molecular flexibility index (Phi) is 6.41. The first-order valence-electron chi connectivity index (χ1n) is 9.40. The number of hydrogen-bond acceptors (Lipinski definition) is 2. The SMILES string of the molecule is O=C(Nc1ccc(C(F)(F)F)cc1)NC(Cc1ccccc1)C(=O)N1CCCC1. The first-order chi connectivity index (χ1) is 13.8. The third-order valence-electron chi connectivity index (χ3n) is 4.77. The highest BCUT2D eigenvalue weighted by atomic mass is 19.4. The van der Waals surface area contributed by atoms with Crippen LogP contribution in [0.3, 0.4) is 0 Å². The van der Waals surface area contributed by atoms with Gasteiger partial charge in [0.1, 0.15) is 6.04 Å². The molecule has 1 atom stereocenters. The highest BCUT2D eigenvalue weighted by Gasteiger charge is 2.30. The Morgan fingerprint density at radius 1 is 0.966 bits per heavy atom. The van der Waals surface area contributed by atoms with Crippen LogP contribution < -0.4 is 10.6 Å². The van der Waals surface area contributed by atoms with Crippen LogP contribution in [-0.4, -0.2) is 36.0 Å². The average Bonchev–Trinajstić information content (AvgIpc) is 3.22. The monoisotopic (exact) mass is 405 g/mol. The second kappa shape index (κ2) is 8.98. The van der Waals surface area contributed by atoms with E-state index in [0.29, 0.717) is 19.5 Å². The van der Waals surface area contributed by atoms with Crippen molar-refractivity contribution in [1.29, 1.82) is 0 Å². The third kappa shape index (κ3) is 5.73. The summed E-state index contributed by atoms with van der Waals surface area (Å²) >= 11 is 0. The molecule has 1 saturated heterocycles. The summed E-state index contributed by atoms with van der Waals surface area (Å²) < 4.78 is 38.0. The highest BCUT2D eigenvalue weighted by molar-refractivity contribution is 5.94. The van der Waals surface area contributed by atoms with Crippen LogP contribution in [0.2, 0.25) is 0 Å². The maximum Gasteiger partial charge on any atom is 0.416 e. The summed E-state index contributed by atoms with van der Waals surface area (Å²) in [4.78, 5) is 27.0. The van der Waals surface area contributed by atoms with Gasteiger partial charge in [0.2, 0.25) is 5.91 Å². The van der Waals surface area contributed by atoms with Crippen LogP contribution in [0.5, 0.6) is 0 Å². The number of halogens is 3. The number of benzene rings is 2. The van der Waals surface area contributed by atoms with Gasteiger partial charge in [0.05, 0.1) is 5.56 Å². The van der Waals surface area contributed by atoms with Crippen molar-refractivity contribution in [3.05, 3.63) is 65.7 Å². The van der Waals surface area contributed by atoms with E-state index in [4.69, 9.17) is 0 Å². The number of anilines is 1. The molecule has 154 valence electrons. The molecule has 8 heteroatoms. The van der Waals surface area contributed by atoms with E-state index < -0.39 is 23.8 Å². The molecule has 29 heavy (non-hydrogen) atoms. The van der Waals surface area contributed by atoms with Crippen molar-refractivity contribution in [2.45, 2.75) is 31.5 Å². The van der Waals surface area contributed by atoms with Crippen molar-refractivity contribution < 1.29 is 22.8 Å². The first-order valence-corrected chi connectivity index (χ1v) is 9.40. The Morgan fingerprint density at radius 2 is 1.59 bits per heavy atom. The minimum Gasteiger partial charge on any atom is -0.341 e. The summed E-state index contributed by atoms with van der Waals surface area (Å²) in [5.74, 6) is -0.158. The van der Waals surface area contributed by atoms with E-state index in [1.54, 1.807) is 4.90 Å².